The van der Waals surface area contributed by atoms with Gasteiger partial charge in [-0.05, 0) is 37.1 Å². The van der Waals surface area contributed by atoms with E-state index in [9.17, 15) is 9.18 Å². The van der Waals surface area contributed by atoms with Gasteiger partial charge in [0.15, 0.2) is 5.69 Å². The minimum atomic E-state index is -1.06. The predicted octanol–water partition coefficient (Wildman–Crippen LogP) is 3.37. The highest BCUT2D eigenvalue weighted by Crippen LogP contribution is 2.35. The number of carboxylic acid groups (broad SMARTS) is 1. The van der Waals surface area contributed by atoms with E-state index in [0.29, 0.717) is 11.6 Å². The molecule has 4 nitrogen and oxygen atoms in total. The van der Waals surface area contributed by atoms with Crippen molar-refractivity contribution in [3.63, 3.8) is 0 Å². The lowest BCUT2D eigenvalue weighted by molar-refractivity contribution is 0.0690. The first kappa shape index (κ1) is 12.8. The fourth-order valence-electron chi connectivity index (χ4n) is 2.83. The topological polar surface area (TPSA) is 55.1 Å². The molecule has 0 spiro atoms. The van der Waals surface area contributed by atoms with Crippen LogP contribution in [0.4, 0.5) is 4.39 Å². The van der Waals surface area contributed by atoms with E-state index in [1.54, 1.807) is 22.9 Å². The first-order valence-corrected chi connectivity index (χ1v) is 6.74. The summed E-state index contributed by atoms with van der Waals surface area (Å²) >= 11 is 0. The van der Waals surface area contributed by atoms with Gasteiger partial charge in [0, 0.05) is 11.6 Å². The van der Waals surface area contributed by atoms with Crippen molar-refractivity contribution < 1.29 is 14.3 Å². The number of nitrogens with zero attached hydrogens (tertiary/aromatic N) is 2. The number of aromatic carboxylic acids is 1. The lowest BCUT2D eigenvalue weighted by Crippen LogP contribution is -2.06. The molecular weight excluding hydrogens is 259 g/mol. The number of rotatable bonds is 3. The number of hydrogen-bond donors (Lipinski definition) is 1. The van der Waals surface area contributed by atoms with Gasteiger partial charge in [-0.2, -0.15) is 5.10 Å². The molecule has 5 heteroatoms. The van der Waals surface area contributed by atoms with Gasteiger partial charge < -0.3 is 5.11 Å². The van der Waals surface area contributed by atoms with E-state index in [4.69, 9.17) is 5.11 Å². The smallest absolute Gasteiger partial charge is 0.356 e. The fourth-order valence-corrected chi connectivity index (χ4v) is 2.83. The molecule has 0 atom stereocenters. The van der Waals surface area contributed by atoms with E-state index in [1.165, 1.54) is 12.1 Å². The normalized spacial score (nSPS) is 15.7. The highest BCUT2D eigenvalue weighted by atomic mass is 19.1. The molecule has 1 aliphatic rings. The molecule has 1 heterocycles. The van der Waals surface area contributed by atoms with Crippen molar-refractivity contribution >= 4 is 5.97 Å². The zero-order valence-corrected chi connectivity index (χ0v) is 10.9. The van der Waals surface area contributed by atoms with Crippen LogP contribution in [0.25, 0.3) is 5.69 Å². The second-order valence-electron chi connectivity index (χ2n) is 5.13. The van der Waals surface area contributed by atoms with Gasteiger partial charge >= 0.3 is 5.97 Å². The monoisotopic (exact) mass is 274 g/mol. The maximum absolute atomic E-state index is 13.4. The molecule has 1 aromatic heterocycles. The number of halogens is 1. The molecule has 0 bridgehead atoms. The second-order valence-corrected chi connectivity index (χ2v) is 5.13. The molecule has 2 aromatic rings. The summed E-state index contributed by atoms with van der Waals surface area (Å²) in [6.45, 7) is 0. The average Bonchev–Trinajstić information content (AvgIpc) is 3.07. The molecule has 1 saturated carbocycles. The van der Waals surface area contributed by atoms with Crippen molar-refractivity contribution in [3.05, 3.63) is 47.5 Å². The van der Waals surface area contributed by atoms with Gasteiger partial charge in [-0.1, -0.05) is 18.9 Å². The van der Waals surface area contributed by atoms with Gasteiger partial charge in [0.1, 0.15) is 5.82 Å². The molecule has 0 unspecified atom stereocenters. The van der Waals surface area contributed by atoms with Crippen LogP contribution in [0.15, 0.2) is 30.3 Å². The van der Waals surface area contributed by atoms with Gasteiger partial charge in [-0.15, -0.1) is 0 Å². The summed E-state index contributed by atoms with van der Waals surface area (Å²) in [7, 11) is 0. The zero-order chi connectivity index (χ0) is 14.1. The second kappa shape index (κ2) is 5.07. The number of hydrogen-bond acceptors (Lipinski definition) is 2. The summed E-state index contributed by atoms with van der Waals surface area (Å²) < 4.78 is 14.9. The summed E-state index contributed by atoms with van der Waals surface area (Å²) in [6, 6.07) is 7.69. The summed E-state index contributed by atoms with van der Waals surface area (Å²) in [5, 5.41) is 13.2. The van der Waals surface area contributed by atoms with E-state index in [1.807, 2.05) is 0 Å². The van der Waals surface area contributed by atoms with Crippen LogP contribution >= 0.6 is 0 Å². The van der Waals surface area contributed by atoms with Crippen molar-refractivity contribution in [3.8, 4) is 5.69 Å². The Bertz CT molecular complexity index is 645. The molecule has 0 saturated heterocycles. The highest BCUT2D eigenvalue weighted by molar-refractivity contribution is 5.85. The standard InChI is InChI=1S/C15H15FN2O2/c16-11-6-3-7-12(8-11)18-14(10-4-1-2-5-10)9-13(17-18)15(19)20/h3,6-10H,1-2,4-5H2,(H,19,20). The molecule has 0 radical (unpaired) electrons. The summed E-state index contributed by atoms with van der Waals surface area (Å²) in [5.74, 6) is -1.11. The van der Waals surface area contributed by atoms with Crippen molar-refractivity contribution in [2.45, 2.75) is 31.6 Å². The molecular formula is C15H15FN2O2. The molecule has 0 aliphatic heterocycles. The summed E-state index contributed by atoms with van der Waals surface area (Å²) in [4.78, 5) is 11.1. The van der Waals surface area contributed by atoms with Crippen LogP contribution < -0.4 is 0 Å². The Morgan fingerprint density at radius 1 is 1.30 bits per heavy atom. The third-order valence-corrected chi connectivity index (χ3v) is 3.78. The Morgan fingerprint density at radius 3 is 2.70 bits per heavy atom. The van der Waals surface area contributed by atoms with Crippen molar-refractivity contribution in [2.24, 2.45) is 0 Å². The molecule has 104 valence electrons. The van der Waals surface area contributed by atoms with Crippen molar-refractivity contribution in [1.29, 1.82) is 0 Å². The van der Waals surface area contributed by atoms with E-state index in [0.717, 1.165) is 31.4 Å². The maximum Gasteiger partial charge on any atom is 0.356 e. The van der Waals surface area contributed by atoms with E-state index in [-0.39, 0.29) is 11.5 Å². The molecule has 1 fully saturated rings. The number of carboxylic acids is 1. The van der Waals surface area contributed by atoms with Crippen molar-refractivity contribution in [2.75, 3.05) is 0 Å². The molecule has 3 rings (SSSR count). The molecule has 0 amide bonds. The molecule has 1 aromatic carbocycles. The van der Waals surface area contributed by atoms with Gasteiger partial charge in [0.05, 0.1) is 5.69 Å². The van der Waals surface area contributed by atoms with Crippen molar-refractivity contribution in [1.82, 2.24) is 9.78 Å². The summed E-state index contributed by atoms with van der Waals surface area (Å²) in [5.41, 5.74) is 1.45. The number of aromatic nitrogens is 2. The zero-order valence-electron chi connectivity index (χ0n) is 10.9. The minimum Gasteiger partial charge on any atom is -0.476 e. The van der Waals surface area contributed by atoms with Gasteiger partial charge in [0.2, 0.25) is 0 Å². The Hall–Kier alpha value is -2.17. The Kier molecular flexibility index (Phi) is 3.26. The molecule has 1 N–H and O–H groups in total. The van der Waals surface area contributed by atoms with Crippen LogP contribution in [-0.2, 0) is 0 Å². The average molecular weight is 274 g/mol. The van der Waals surface area contributed by atoms with E-state index >= 15 is 0 Å². The van der Waals surface area contributed by atoms with Crippen LogP contribution in [0.1, 0.15) is 47.8 Å². The van der Waals surface area contributed by atoms with Crippen LogP contribution in [-0.4, -0.2) is 20.9 Å². The SMILES string of the molecule is O=C(O)c1cc(C2CCCC2)n(-c2cccc(F)c2)n1. The molecule has 20 heavy (non-hydrogen) atoms. The van der Waals surface area contributed by atoms with Crippen LogP contribution in [0.5, 0.6) is 0 Å². The third-order valence-electron chi connectivity index (χ3n) is 3.78. The van der Waals surface area contributed by atoms with Gasteiger partial charge in [-0.25, -0.2) is 13.9 Å². The Morgan fingerprint density at radius 2 is 2.05 bits per heavy atom. The lowest BCUT2D eigenvalue weighted by atomic mass is 10.0. The van der Waals surface area contributed by atoms with Crippen LogP contribution in [0.3, 0.4) is 0 Å². The van der Waals surface area contributed by atoms with Gasteiger partial charge in [-0.3, -0.25) is 0 Å². The Labute approximate surface area is 115 Å². The largest absolute Gasteiger partial charge is 0.476 e. The third kappa shape index (κ3) is 2.31. The quantitative estimate of drug-likeness (QED) is 0.933. The van der Waals surface area contributed by atoms with Crippen LogP contribution in [0, 0.1) is 5.82 Å². The first-order valence-electron chi connectivity index (χ1n) is 6.74. The lowest BCUT2D eigenvalue weighted by Gasteiger charge is -2.12. The number of benzene rings is 1. The predicted molar refractivity (Wildman–Crippen MR) is 71.7 cm³/mol. The van der Waals surface area contributed by atoms with Crippen LogP contribution in [0.2, 0.25) is 0 Å². The highest BCUT2D eigenvalue weighted by Gasteiger charge is 2.24. The van der Waals surface area contributed by atoms with Gasteiger partial charge in [0.25, 0.3) is 0 Å². The maximum atomic E-state index is 13.4. The first-order chi connectivity index (χ1) is 9.65. The summed E-state index contributed by atoms with van der Waals surface area (Å²) in [6.07, 6.45) is 4.34. The minimum absolute atomic E-state index is 0.0103. The number of carbonyl (C=O) groups is 1. The Balaban J connectivity index is 2.10. The van der Waals surface area contributed by atoms with E-state index in [2.05, 4.69) is 5.10 Å². The molecule has 1 aliphatic carbocycles. The van der Waals surface area contributed by atoms with E-state index < -0.39 is 5.97 Å². The fraction of sp³-hybridized carbons (Fsp3) is 0.333.